The van der Waals surface area contributed by atoms with E-state index in [1.165, 1.54) is 70.2 Å². The molecule has 2 aromatic carbocycles. The average Bonchev–Trinajstić information content (AvgIpc) is 3.57. The van der Waals surface area contributed by atoms with Crippen molar-refractivity contribution >= 4 is 19.2 Å². The number of hydrogen-bond acceptors (Lipinski definition) is 1. The normalized spacial score (nSPS) is 28.4. The maximum atomic E-state index is 6.62. The Balaban J connectivity index is 1.60. The van der Waals surface area contributed by atoms with E-state index in [9.17, 15) is 0 Å². The lowest BCUT2D eigenvalue weighted by atomic mass is 9.69. The first-order chi connectivity index (χ1) is 26.5. The highest BCUT2D eigenvalue weighted by atomic mass is 28.3. The molecular formula is C56H84OSi. The number of benzene rings is 2. The molecule has 0 bridgehead atoms. The van der Waals surface area contributed by atoms with Crippen molar-refractivity contribution in [2.24, 2.45) is 57.2 Å². The van der Waals surface area contributed by atoms with Gasteiger partial charge in [0.25, 0.3) is 0 Å². The van der Waals surface area contributed by atoms with Crippen LogP contribution < -0.4 is 0 Å². The number of methoxy groups -OCH3 is 1. The van der Waals surface area contributed by atoms with Crippen LogP contribution in [0.15, 0.2) is 71.0 Å². The second kappa shape index (κ2) is 15.4. The SMILES string of the molecule is COC1=C(c2cc(C)cc(C)c2)C2CC(CC(C)(C)C)C([Si](C)(C)C3C(CC(C)(C)C)CC4C(c5cc(C)cc(C)c5)=C(C)C(C(C)(C)C)=CC43)C2C=C1C(C)(C)C. The first-order valence-corrected chi connectivity index (χ1v) is 26.3. The van der Waals surface area contributed by atoms with E-state index in [4.69, 9.17) is 4.74 Å². The Bertz CT molecular complexity index is 1980. The summed E-state index contributed by atoms with van der Waals surface area (Å²) >= 11 is 0. The minimum Gasteiger partial charge on any atom is -0.496 e. The second-order valence-electron chi connectivity index (χ2n) is 25.2. The van der Waals surface area contributed by atoms with E-state index in [0.717, 1.165) is 5.76 Å². The second-order valence-corrected chi connectivity index (χ2v) is 30.1. The third-order valence-electron chi connectivity index (χ3n) is 15.0. The summed E-state index contributed by atoms with van der Waals surface area (Å²) in [5.41, 5.74) is 18.1. The highest BCUT2D eigenvalue weighted by molar-refractivity contribution is 6.80. The van der Waals surface area contributed by atoms with E-state index in [-0.39, 0.29) is 21.7 Å². The van der Waals surface area contributed by atoms with E-state index in [1.54, 1.807) is 16.7 Å². The maximum absolute atomic E-state index is 6.62. The van der Waals surface area contributed by atoms with Crippen molar-refractivity contribution in [2.75, 3.05) is 7.11 Å². The number of allylic oxidation sites excluding steroid dienone is 7. The predicted octanol–water partition coefficient (Wildman–Crippen LogP) is 16.5. The van der Waals surface area contributed by atoms with Crippen LogP contribution >= 0.6 is 0 Å². The Labute approximate surface area is 358 Å². The summed E-state index contributed by atoms with van der Waals surface area (Å²) in [5.74, 6) is 4.63. The molecule has 8 unspecified atom stereocenters. The van der Waals surface area contributed by atoms with Gasteiger partial charge in [-0.05, 0) is 162 Å². The summed E-state index contributed by atoms with van der Waals surface area (Å²) in [6.45, 7) is 47.2. The Morgan fingerprint density at radius 3 is 1.26 bits per heavy atom. The summed E-state index contributed by atoms with van der Waals surface area (Å²) < 4.78 is 6.62. The van der Waals surface area contributed by atoms with Crippen molar-refractivity contribution in [1.29, 1.82) is 0 Å². The third kappa shape index (κ3) is 8.76. The molecule has 4 aliphatic carbocycles. The molecule has 8 atom stereocenters. The topological polar surface area (TPSA) is 9.23 Å². The molecule has 318 valence electrons. The Morgan fingerprint density at radius 2 is 0.897 bits per heavy atom. The molecule has 4 aliphatic rings. The number of hydrogen-bond donors (Lipinski definition) is 0. The van der Waals surface area contributed by atoms with Crippen molar-refractivity contribution in [3.8, 4) is 0 Å². The van der Waals surface area contributed by atoms with Crippen LogP contribution in [0.4, 0.5) is 0 Å². The van der Waals surface area contributed by atoms with E-state index in [0.29, 0.717) is 46.6 Å². The van der Waals surface area contributed by atoms with Gasteiger partial charge in [-0.25, -0.2) is 0 Å². The third-order valence-corrected chi connectivity index (χ3v) is 20.1. The van der Waals surface area contributed by atoms with Gasteiger partial charge in [0.05, 0.1) is 15.2 Å². The molecule has 2 heteroatoms. The molecule has 1 nitrogen and oxygen atoms in total. The number of ether oxygens (including phenoxy) is 1. The highest BCUT2D eigenvalue weighted by Crippen LogP contribution is 2.69. The first kappa shape index (κ1) is 45.0. The summed E-state index contributed by atoms with van der Waals surface area (Å²) in [6.07, 6.45) is 10.8. The lowest BCUT2D eigenvalue weighted by molar-refractivity contribution is 0.273. The Morgan fingerprint density at radius 1 is 0.534 bits per heavy atom. The molecular weight excluding hydrogens is 717 g/mol. The lowest BCUT2D eigenvalue weighted by Crippen LogP contribution is -2.47. The molecule has 58 heavy (non-hydrogen) atoms. The van der Waals surface area contributed by atoms with Crippen LogP contribution in [-0.2, 0) is 4.74 Å². The molecule has 6 rings (SSSR count). The fraction of sp³-hybridized carbons (Fsp3) is 0.643. The van der Waals surface area contributed by atoms with Gasteiger partial charge in [0.1, 0.15) is 5.76 Å². The van der Waals surface area contributed by atoms with Gasteiger partial charge in [0.15, 0.2) is 0 Å². The van der Waals surface area contributed by atoms with E-state index >= 15 is 0 Å². The van der Waals surface area contributed by atoms with Gasteiger partial charge < -0.3 is 4.74 Å². The van der Waals surface area contributed by atoms with Crippen LogP contribution in [0, 0.1) is 84.9 Å². The van der Waals surface area contributed by atoms with Crippen molar-refractivity contribution in [3.63, 3.8) is 0 Å². The summed E-state index contributed by atoms with van der Waals surface area (Å²) in [6, 6.07) is 14.7. The molecule has 0 radical (unpaired) electrons. The first-order valence-electron chi connectivity index (χ1n) is 23.1. The van der Waals surface area contributed by atoms with Gasteiger partial charge in [-0.2, -0.15) is 0 Å². The predicted molar refractivity (Wildman–Crippen MR) is 257 cm³/mol. The van der Waals surface area contributed by atoms with Crippen molar-refractivity contribution in [2.45, 2.75) is 168 Å². The van der Waals surface area contributed by atoms with Crippen molar-refractivity contribution in [1.82, 2.24) is 0 Å². The zero-order chi connectivity index (χ0) is 43.2. The average molecular weight is 801 g/mol. The van der Waals surface area contributed by atoms with Crippen molar-refractivity contribution in [3.05, 3.63) is 104 Å². The van der Waals surface area contributed by atoms with Gasteiger partial charge in [-0.1, -0.05) is 167 Å². The largest absolute Gasteiger partial charge is 0.496 e. The van der Waals surface area contributed by atoms with E-state index in [2.05, 4.69) is 179 Å². The number of fused-ring (bicyclic) bond motifs is 2. The minimum absolute atomic E-state index is 0.0249. The Kier molecular flexibility index (Phi) is 11.9. The molecule has 2 aromatic rings. The molecule has 0 amide bonds. The zero-order valence-corrected chi connectivity index (χ0v) is 42.0. The van der Waals surface area contributed by atoms with Crippen LogP contribution in [0.3, 0.4) is 0 Å². The summed E-state index contributed by atoms with van der Waals surface area (Å²) in [4.78, 5) is 0. The standard InChI is InChI=1S/C56H84OSi/c1-33-21-34(2)24-38(23-33)48-37(5)46(55(12,13)14)29-44-42(48)27-40(31-53(6,7)8)51(44)58(19,20)52-41(32-54(9,10)11)28-43-45(52)30-47(56(15,16)17)50(57-18)49(43)39-25-35(3)22-36(4)26-39/h21-26,29-30,40-45,51-52H,27-28,31-32H2,1-20H3. The van der Waals surface area contributed by atoms with Gasteiger partial charge >= 0.3 is 0 Å². The van der Waals surface area contributed by atoms with Crippen LogP contribution in [-0.4, -0.2) is 15.2 Å². The fourth-order valence-corrected chi connectivity index (χ4v) is 19.9. The molecule has 0 saturated heterocycles. The van der Waals surface area contributed by atoms with Crippen LogP contribution in [0.1, 0.15) is 149 Å². The highest BCUT2D eigenvalue weighted by Gasteiger charge is 2.61. The smallest absolute Gasteiger partial charge is 0.126 e. The zero-order valence-electron chi connectivity index (χ0n) is 41.0. The Hall–Kier alpha value is -2.58. The summed E-state index contributed by atoms with van der Waals surface area (Å²) in [7, 11) is -0.150. The van der Waals surface area contributed by atoms with Gasteiger partial charge in [-0.15, -0.1) is 0 Å². The maximum Gasteiger partial charge on any atom is 0.126 e. The van der Waals surface area contributed by atoms with Gasteiger partial charge in [-0.3, -0.25) is 0 Å². The number of aryl methyl sites for hydroxylation is 4. The monoisotopic (exact) mass is 801 g/mol. The molecule has 0 aliphatic heterocycles. The van der Waals surface area contributed by atoms with E-state index in [1.807, 2.05) is 7.11 Å². The quantitative estimate of drug-likeness (QED) is 0.254. The van der Waals surface area contributed by atoms with Crippen LogP contribution in [0.2, 0.25) is 24.2 Å². The minimum atomic E-state index is -2.09. The molecule has 0 heterocycles. The number of rotatable bonds is 7. The van der Waals surface area contributed by atoms with Gasteiger partial charge in [0.2, 0.25) is 0 Å². The van der Waals surface area contributed by atoms with Crippen molar-refractivity contribution < 1.29 is 4.74 Å². The molecule has 2 fully saturated rings. The fourth-order valence-electron chi connectivity index (χ4n) is 13.9. The van der Waals surface area contributed by atoms with Crippen LogP contribution in [0.25, 0.3) is 11.1 Å². The molecule has 0 aromatic heterocycles. The van der Waals surface area contributed by atoms with Crippen LogP contribution in [0.5, 0.6) is 0 Å². The molecule has 0 spiro atoms. The van der Waals surface area contributed by atoms with Gasteiger partial charge in [0, 0.05) is 5.57 Å². The molecule has 2 saturated carbocycles. The molecule has 0 N–H and O–H groups in total. The van der Waals surface area contributed by atoms with E-state index < -0.39 is 8.07 Å². The lowest BCUT2D eigenvalue weighted by Gasteiger charge is -2.49. The summed E-state index contributed by atoms with van der Waals surface area (Å²) in [5, 5.41) is 0.